The fourth-order valence-corrected chi connectivity index (χ4v) is 4.92. The van der Waals surface area contributed by atoms with E-state index < -0.39 is 39.9 Å². The van der Waals surface area contributed by atoms with Crippen molar-refractivity contribution in [1.29, 1.82) is 0 Å². The van der Waals surface area contributed by atoms with Crippen LogP contribution in [0.15, 0.2) is 57.9 Å². The second-order valence-corrected chi connectivity index (χ2v) is 9.78. The number of likely N-dealkylation sites (tertiary alicyclic amines) is 1. The molecule has 34 heavy (non-hydrogen) atoms. The van der Waals surface area contributed by atoms with Gasteiger partial charge in [0.1, 0.15) is 17.3 Å². The van der Waals surface area contributed by atoms with Crippen molar-refractivity contribution >= 4 is 9.84 Å². The quantitative estimate of drug-likeness (QED) is 0.388. The zero-order valence-electron chi connectivity index (χ0n) is 17.4. The number of aliphatic hydroxyl groups is 1. The van der Waals surface area contributed by atoms with Crippen LogP contribution in [-0.4, -0.2) is 47.6 Å². The number of hydrogen-bond donors (Lipinski definition) is 1. The van der Waals surface area contributed by atoms with Crippen molar-refractivity contribution in [1.82, 2.24) is 15.0 Å². The van der Waals surface area contributed by atoms with Gasteiger partial charge in [0.05, 0.1) is 17.0 Å². The number of nitrogens with zero attached hydrogens (tertiary/aromatic N) is 3. The monoisotopic (exact) mass is 501 g/mol. The first-order valence-corrected chi connectivity index (χ1v) is 11.7. The van der Waals surface area contributed by atoms with Crippen LogP contribution in [0.25, 0.3) is 0 Å². The minimum absolute atomic E-state index is 0.0727. The number of β-amino-alcohol motifs (C(OH)–C–C–N with tert-alkyl or cyclic N) is 1. The molecule has 0 amide bonds. The van der Waals surface area contributed by atoms with Crippen LogP contribution in [0.5, 0.6) is 5.75 Å². The number of aliphatic hydroxyl groups excluding tert-OH is 1. The predicted octanol–water partition coefficient (Wildman–Crippen LogP) is 3.39. The highest BCUT2D eigenvalue weighted by molar-refractivity contribution is 7.90. The van der Waals surface area contributed by atoms with Crippen molar-refractivity contribution in [3.05, 3.63) is 71.6 Å². The van der Waals surface area contributed by atoms with Gasteiger partial charge in [-0.05, 0) is 48.4 Å². The van der Waals surface area contributed by atoms with E-state index in [1.807, 2.05) is 0 Å². The van der Waals surface area contributed by atoms with Crippen LogP contribution in [0.2, 0.25) is 0 Å². The summed E-state index contributed by atoms with van der Waals surface area (Å²) in [5.41, 5.74) is 0.500. The van der Waals surface area contributed by atoms with E-state index in [1.54, 1.807) is 11.0 Å². The zero-order valence-corrected chi connectivity index (χ0v) is 18.3. The van der Waals surface area contributed by atoms with Gasteiger partial charge >= 0.3 is 6.36 Å². The molecule has 1 aliphatic heterocycles. The van der Waals surface area contributed by atoms with Crippen molar-refractivity contribution in [2.24, 2.45) is 0 Å². The lowest BCUT2D eigenvalue weighted by atomic mass is 10.1. The Bertz CT molecular complexity index is 1250. The van der Waals surface area contributed by atoms with Crippen LogP contribution < -0.4 is 4.74 Å². The van der Waals surface area contributed by atoms with Crippen LogP contribution >= 0.6 is 0 Å². The highest BCUT2D eigenvalue weighted by atomic mass is 32.2. The second kappa shape index (κ2) is 9.31. The highest BCUT2D eigenvalue weighted by Gasteiger charge is 2.36. The first-order chi connectivity index (χ1) is 16.0. The average molecular weight is 501 g/mol. The lowest BCUT2D eigenvalue weighted by molar-refractivity contribution is -0.274. The summed E-state index contributed by atoms with van der Waals surface area (Å²) in [5, 5.41) is 13.9. The number of benzene rings is 2. The molecule has 2 atom stereocenters. The molecule has 13 heteroatoms. The van der Waals surface area contributed by atoms with Gasteiger partial charge in [0.15, 0.2) is 15.7 Å². The fourth-order valence-electron chi connectivity index (χ4n) is 3.74. The smallest absolute Gasteiger partial charge is 0.406 e. The molecule has 1 fully saturated rings. The van der Waals surface area contributed by atoms with Crippen molar-refractivity contribution in [3.63, 3.8) is 0 Å². The molecule has 4 rings (SSSR count). The van der Waals surface area contributed by atoms with Gasteiger partial charge < -0.3 is 14.4 Å². The number of rotatable bonds is 7. The number of alkyl halides is 3. The van der Waals surface area contributed by atoms with E-state index in [-0.39, 0.29) is 41.9 Å². The Morgan fingerprint density at radius 2 is 1.91 bits per heavy atom. The predicted molar refractivity (Wildman–Crippen MR) is 108 cm³/mol. The van der Waals surface area contributed by atoms with Gasteiger partial charge in [-0.25, -0.2) is 12.8 Å². The third kappa shape index (κ3) is 5.90. The summed E-state index contributed by atoms with van der Waals surface area (Å²) in [5.74, 6) is -1.55. The van der Waals surface area contributed by atoms with Crippen LogP contribution in [0.3, 0.4) is 0 Å². The number of sulfone groups is 1. The Morgan fingerprint density at radius 1 is 1.18 bits per heavy atom. The van der Waals surface area contributed by atoms with E-state index in [2.05, 4.69) is 14.9 Å². The van der Waals surface area contributed by atoms with E-state index >= 15 is 0 Å². The molecule has 2 unspecified atom stereocenters. The number of ether oxygens (including phenoxy) is 1. The number of halogens is 4. The largest absolute Gasteiger partial charge is 0.573 e. The lowest BCUT2D eigenvalue weighted by Gasteiger charge is -2.21. The van der Waals surface area contributed by atoms with Crippen molar-refractivity contribution in [3.8, 4) is 5.75 Å². The number of aromatic nitrogens is 2. The molecule has 0 bridgehead atoms. The van der Waals surface area contributed by atoms with Crippen LogP contribution in [-0.2, 0) is 22.1 Å². The lowest BCUT2D eigenvalue weighted by Crippen LogP contribution is -2.24. The van der Waals surface area contributed by atoms with Crippen LogP contribution in [0.4, 0.5) is 17.6 Å². The minimum atomic E-state index is -4.82. The van der Waals surface area contributed by atoms with Gasteiger partial charge in [-0.2, -0.15) is 4.98 Å². The molecule has 182 valence electrons. The normalized spacial score (nSPS) is 19.4. The summed E-state index contributed by atoms with van der Waals surface area (Å²) in [4.78, 5) is 5.80. The molecule has 3 aromatic rings. The molecular weight excluding hydrogens is 482 g/mol. The van der Waals surface area contributed by atoms with Gasteiger partial charge in [-0.1, -0.05) is 17.3 Å². The van der Waals surface area contributed by atoms with E-state index in [0.29, 0.717) is 5.56 Å². The summed E-state index contributed by atoms with van der Waals surface area (Å²) in [6.45, 7) is 0.350. The number of hydrogen-bond acceptors (Lipinski definition) is 8. The summed E-state index contributed by atoms with van der Waals surface area (Å²) in [7, 11) is -3.85. The van der Waals surface area contributed by atoms with Crippen molar-refractivity contribution in [2.45, 2.75) is 42.1 Å². The molecule has 2 heterocycles. The molecule has 8 nitrogen and oxygen atoms in total. The van der Waals surface area contributed by atoms with Gasteiger partial charge in [0, 0.05) is 13.1 Å². The Kier molecular flexibility index (Phi) is 6.60. The molecule has 1 aliphatic rings. The molecule has 0 aliphatic carbocycles. The summed E-state index contributed by atoms with van der Waals surface area (Å²) < 4.78 is 84.9. The Labute approximate surface area is 191 Å². The first kappa shape index (κ1) is 24.1. The summed E-state index contributed by atoms with van der Waals surface area (Å²) in [6.07, 6.45) is -5.36. The SMILES string of the molecule is O=S(=O)(Cc1noc(C2CC(O)CN2Cc2cccc(OC(F)(F)F)c2)n1)c1ccc(F)cc1. The maximum Gasteiger partial charge on any atom is 0.573 e. The molecule has 0 saturated carbocycles. The third-order valence-electron chi connectivity index (χ3n) is 5.16. The zero-order chi connectivity index (χ0) is 24.5. The summed E-state index contributed by atoms with van der Waals surface area (Å²) >= 11 is 0. The second-order valence-electron chi connectivity index (χ2n) is 7.79. The summed E-state index contributed by atoms with van der Waals surface area (Å²) in [6, 6.07) is 9.21. The fraction of sp³-hybridized carbons (Fsp3) is 0.333. The molecule has 0 radical (unpaired) electrons. The standard InChI is InChI=1S/C21H19F4N3O5S/c22-14-4-6-17(7-5-14)34(30,31)12-19-26-20(33-27-19)18-9-15(29)11-28(18)10-13-2-1-3-16(8-13)32-21(23,24)25/h1-8,15,18,29H,9-12H2. The van der Waals surface area contributed by atoms with Gasteiger partial charge in [0.25, 0.3) is 0 Å². The molecule has 1 aromatic heterocycles. The van der Waals surface area contributed by atoms with Gasteiger partial charge in [-0.15, -0.1) is 13.2 Å². The molecule has 1 saturated heterocycles. The van der Waals surface area contributed by atoms with Crippen molar-refractivity contribution < 1.29 is 40.3 Å². The topological polar surface area (TPSA) is 106 Å². The molecule has 0 spiro atoms. The van der Waals surface area contributed by atoms with E-state index in [9.17, 15) is 31.1 Å². The minimum Gasteiger partial charge on any atom is -0.406 e. The van der Waals surface area contributed by atoms with Crippen LogP contribution in [0, 0.1) is 5.82 Å². The third-order valence-corrected chi connectivity index (χ3v) is 6.79. The van der Waals surface area contributed by atoms with Gasteiger partial charge in [0.2, 0.25) is 5.89 Å². The van der Waals surface area contributed by atoms with E-state index in [0.717, 1.165) is 24.3 Å². The van der Waals surface area contributed by atoms with Gasteiger partial charge in [-0.3, -0.25) is 4.90 Å². The van der Waals surface area contributed by atoms with E-state index in [1.165, 1.54) is 18.2 Å². The molecule has 2 aromatic carbocycles. The average Bonchev–Trinajstić information content (AvgIpc) is 3.33. The highest BCUT2D eigenvalue weighted by Crippen LogP contribution is 2.33. The Balaban J connectivity index is 1.48. The molecular formula is C21H19F4N3O5S. The van der Waals surface area contributed by atoms with E-state index in [4.69, 9.17) is 4.52 Å². The maximum atomic E-state index is 13.1. The Morgan fingerprint density at radius 3 is 2.62 bits per heavy atom. The molecule has 1 N–H and O–H groups in total. The Hall–Kier alpha value is -3.03. The first-order valence-electron chi connectivity index (χ1n) is 10.1. The van der Waals surface area contributed by atoms with Crippen LogP contribution in [0.1, 0.15) is 29.7 Å². The van der Waals surface area contributed by atoms with Crippen molar-refractivity contribution in [2.75, 3.05) is 6.54 Å². The maximum absolute atomic E-state index is 13.1.